The fourth-order valence-corrected chi connectivity index (χ4v) is 2.74. The molecule has 0 aromatic heterocycles. The summed E-state index contributed by atoms with van der Waals surface area (Å²) >= 11 is 0. The predicted molar refractivity (Wildman–Crippen MR) is 95.6 cm³/mol. The maximum atomic E-state index is 12.8. The number of aryl methyl sites for hydroxylation is 1. The first kappa shape index (κ1) is 17.0. The van der Waals surface area contributed by atoms with Crippen LogP contribution in [0.25, 0.3) is 0 Å². The molecule has 0 saturated carbocycles. The van der Waals surface area contributed by atoms with Crippen LogP contribution in [0.4, 0.5) is 5.69 Å². The summed E-state index contributed by atoms with van der Waals surface area (Å²) in [6.45, 7) is 2.53. The van der Waals surface area contributed by atoms with E-state index >= 15 is 0 Å². The van der Waals surface area contributed by atoms with Crippen LogP contribution in [0.3, 0.4) is 0 Å². The molecule has 2 amide bonds. The van der Waals surface area contributed by atoms with Crippen molar-refractivity contribution in [2.45, 2.75) is 19.9 Å². The van der Waals surface area contributed by atoms with Crippen molar-refractivity contribution in [2.24, 2.45) is 5.73 Å². The zero-order chi connectivity index (χ0) is 17.8. The summed E-state index contributed by atoms with van der Waals surface area (Å²) in [6.07, 6.45) is 0.203. The molecule has 25 heavy (non-hydrogen) atoms. The Hall–Kier alpha value is -2.86. The Labute approximate surface area is 146 Å². The van der Waals surface area contributed by atoms with E-state index in [1.54, 1.807) is 4.90 Å². The molecule has 1 heterocycles. The highest BCUT2D eigenvalue weighted by Crippen LogP contribution is 2.39. The number of rotatable bonds is 4. The highest BCUT2D eigenvalue weighted by molar-refractivity contribution is 5.98. The van der Waals surface area contributed by atoms with Crippen molar-refractivity contribution in [2.75, 3.05) is 18.0 Å². The lowest BCUT2D eigenvalue weighted by molar-refractivity contribution is -0.124. The fraction of sp³-hybridized carbons (Fsp3) is 0.263. The van der Waals surface area contributed by atoms with Crippen molar-refractivity contribution in [3.05, 3.63) is 53.6 Å². The molecule has 3 N–H and O–H groups in total. The van der Waals surface area contributed by atoms with Gasteiger partial charge in [0.1, 0.15) is 5.75 Å². The molecule has 0 saturated heterocycles. The van der Waals surface area contributed by atoms with Gasteiger partial charge in [-0.25, -0.2) is 0 Å². The number of carbonyl (C=O) groups is 2. The maximum Gasteiger partial charge on any atom is 0.246 e. The molecule has 1 aliphatic rings. The molecule has 0 atom stereocenters. The minimum atomic E-state index is -0.230. The van der Waals surface area contributed by atoms with Crippen LogP contribution in [-0.2, 0) is 16.1 Å². The van der Waals surface area contributed by atoms with E-state index in [1.165, 1.54) is 0 Å². The molecule has 3 rings (SSSR count). The lowest BCUT2D eigenvalue weighted by atomic mass is 10.1. The van der Waals surface area contributed by atoms with Gasteiger partial charge in [0.25, 0.3) is 0 Å². The Morgan fingerprint density at radius 2 is 2.00 bits per heavy atom. The molecular formula is C19H21N3O3. The van der Waals surface area contributed by atoms with Crippen molar-refractivity contribution in [1.82, 2.24) is 5.32 Å². The van der Waals surface area contributed by atoms with Crippen LogP contribution in [0.5, 0.6) is 11.5 Å². The molecular weight excluding hydrogens is 318 g/mol. The molecule has 0 bridgehead atoms. The number of hydrogen-bond acceptors (Lipinski definition) is 4. The number of anilines is 1. The monoisotopic (exact) mass is 339 g/mol. The van der Waals surface area contributed by atoms with Crippen molar-refractivity contribution < 1.29 is 14.3 Å². The molecule has 1 aliphatic heterocycles. The minimum Gasteiger partial charge on any atom is -0.455 e. The molecule has 130 valence electrons. The van der Waals surface area contributed by atoms with Gasteiger partial charge in [-0.1, -0.05) is 24.3 Å². The van der Waals surface area contributed by atoms with Gasteiger partial charge in [0.05, 0.1) is 18.8 Å². The van der Waals surface area contributed by atoms with E-state index in [2.05, 4.69) is 5.32 Å². The minimum absolute atomic E-state index is 0.0750. The molecule has 6 heteroatoms. The topological polar surface area (TPSA) is 84.7 Å². The highest BCUT2D eigenvalue weighted by Gasteiger charge is 2.25. The van der Waals surface area contributed by atoms with Crippen LogP contribution >= 0.6 is 0 Å². The molecule has 2 aromatic carbocycles. The van der Waals surface area contributed by atoms with Gasteiger partial charge < -0.3 is 20.7 Å². The summed E-state index contributed by atoms with van der Waals surface area (Å²) in [5.74, 6) is 0.927. The van der Waals surface area contributed by atoms with Crippen molar-refractivity contribution >= 4 is 17.5 Å². The molecule has 0 aliphatic carbocycles. The first-order chi connectivity index (χ1) is 12.1. The smallest absolute Gasteiger partial charge is 0.246 e. The van der Waals surface area contributed by atoms with Crippen LogP contribution in [-0.4, -0.2) is 24.9 Å². The first-order valence-electron chi connectivity index (χ1n) is 8.22. The van der Waals surface area contributed by atoms with Gasteiger partial charge >= 0.3 is 0 Å². The third-order valence-corrected chi connectivity index (χ3v) is 4.04. The normalized spacial score (nSPS) is 12.5. The van der Waals surface area contributed by atoms with Gasteiger partial charge in [-0.3, -0.25) is 9.59 Å². The predicted octanol–water partition coefficient (Wildman–Crippen LogP) is 2.10. The number of nitrogens with two attached hydrogens (primary N) is 1. The fourth-order valence-electron chi connectivity index (χ4n) is 2.74. The van der Waals surface area contributed by atoms with E-state index in [1.807, 2.05) is 49.4 Å². The molecule has 0 radical (unpaired) electrons. The van der Waals surface area contributed by atoms with Gasteiger partial charge in [0.15, 0.2) is 5.75 Å². The second-order valence-corrected chi connectivity index (χ2v) is 5.98. The number of nitrogens with zero attached hydrogens (tertiary/aromatic N) is 1. The third kappa shape index (κ3) is 3.80. The maximum absolute atomic E-state index is 12.8. The van der Waals surface area contributed by atoms with Gasteiger partial charge in [-0.05, 0) is 30.7 Å². The molecule has 2 aromatic rings. The standard InChI is InChI=1S/C19H21N3O3/c1-13-6-7-17-15(10-13)22(19(24)11-21-18(23)8-9-20)12-14-4-2-3-5-16(14)25-17/h2-7,10H,8-9,11-12,20H2,1H3,(H,21,23). The van der Waals surface area contributed by atoms with Crippen LogP contribution in [0.2, 0.25) is 0 Å². The van der Waals surface area contributed by atoms with Crippen molar-refractivity contribution in [3.8, 4) is 11.5 Å². The Kier molecular flexibility index (Phi) is 5.00. The zero-order valence-electron chi connectivity index (χ0n) is 14.1. The largest absolute Gasteiger partial charge is 0.455 e. The zero-order valence-corrected chi connectivity index (χ0v) is 14.1. The lowest BCUT2D eigenvalue weighted by Gasteiger charge is -2.22. The van der Waals surface area contributed by atoms with E-state index in [0.717, 1.165) is 16.9 Å². The molecule has 6 nitrogen and oxygen atoms in total. The Bertz CT molecular complexity index is 804. The summed E-state index contributed by atoms with van der Waals surface area (Å²) in [7, 11) is 0. The molecule has 0 spiro atoms. The number of ether oxygens (including phenoxy) is 1. The van der Waals surface area contributed by atoms with E-state index in [0.29, 0.717) is 18.0 Å². The molecule has 0 unspecified atom stereocenters. The van der Waals surface area contributed by atoms with E-state index in [4.69, 9.17) is 10.5 Å². The van der Waals surface area contributed by atoms with Crippen LogP contribution in [0, 0.1) is 6.92 Å². The van der Waals surface area contributed by atoms with Crippen molar-refractivity contribution in [1.29, 1.82) is 0 Å². The summed E-state index contributed by atoms with van der Waals surface area (Å²) in [5.41, 5.74) is 8.00. The average Bonchev–Trinajstić information content (AvgIpc) is 2.76. The first-order valence-corrected chi connectivity index (χ1v) is 8.22. The molecule has 0 fully saturated rings. The number of amides is 2. The van der Waals surface area contributed by atoms with Crippen LogP contribution < -0.4 is 20.7 Å². The van der Waals surface area contributed by atoms with Gasteiger partial charge in [-0.2, -0.15) is 0 Å². The number of para-hydroxylation sites is 1. The van der Waals surface area contributed by atoms with Gasteiger partial charge in [-0.15, -0.1) is 0 Å². The Morgan fingerprint density at radius 3 is 2.80 bits per heavy atom. The Balaban J connectivity index is 1.90. The van der Waals surface area contributed by atoms with E-state index in [9.17, 15) is 9.59 Å². The summed E-state index contributed by atoms with van der Waals surface area (Å²) < 4.78 is 6.00. The number of fused-ring (bicyclic) bond motifs is 2. The summed E-state index contributed by atoms with van der Waals surface area (Å²) in [6, 6.07) is 13.4. The van der Waals surface area contributed by atoms with Crippen molar-refractivity contribution in [3.63, 3.8) is 0 Å². The SMILES string of the molecule is Cc1ccc2c(c1)N(C(=O)CNC(=O)CCN)Cc1ccccc1O2. The van der Waals surface area contributed by atoms with Gasteiger partial charge in [0, 0.05) is 18.5 Å². The number of hydrogen-bond donors (Lipinski definition) is 2. The number of carbonyl (C=O) groups excluding carboxylic acids is 2. The average molecular weight is 339 g/mol. The second kappa shape index (κ2) is 7.36. The lowest BCUT2D eigenvalue weighted by Crippen LogP contribution is -2.40. The number of nitrogens with one attached hydrogen (secondary N) is 1. The van der Waals surface area contributed by atoms with Crippen LogP contribution in [0.1, 0.15) is 17.5 Å². The van der Waals surface area contributed by atoms with E-state index < -0.39 is 0 Å². The summed E-state index contributed by atoms with van der Waals surface area (Å²) in [4.78, 5) is 26.0. The van der Waals surface area contributed by atoms with Gasteiger partial charge in [0.2, 0.25) is 11.8 Å². The van der Waals surface area contributed by atoms with Crippen LogP contribution in [0.15, 0.2) is 42.5 Å². The van der Waals surface area contributed by atoms with E-state index in [-0.39, 0.29) is 31.3 Å². The second-order valence-electron chi connectivity index (χ2n) is 5.98. The Morgan fingerprint density at radius 1 is 1.20 bits per heavy atom. The quantitative estimate of drug-likeness (QED) is 0.893. The highest BCUT2D eigenvalue weighted by atomic mass is 16.5. The summed E-state index contributed by atoms with van der Waals surface area (Å²) in [5, 5.41) is 2.62. The third-order valence-electron chi connectivity index (χ3n) is 4.04. The number of benzene rings is 2.